The van der Waals surface area contributed by atoms with Gasteiger partial charge in [-0.3, -0.25) is 4.79 Å². The van der Waals surface area contributed by atoms with E-state index in [1.807, 2.05) is 4.40 Å². The maximum Gasteiger partial charge on any atom is 0.255 e. The molecule has 3 aromatic rings. The summed E-state index contributed by atoms with van der Waals surface area (Å²) in [5.41, 5.74) is 2.85. The summed E-state index contributed by atoms with van der Waals surface area (Å²) >= 11 is 0. The van der Waals surface area contributed by atoms with Crippen molar-refractivity contribution in [3.05, 3.63) is 66.2 Å². The molecule has 0 saturated carbocycles. The third-order valence-electron chi connectivity index (χ3n) is 3.04. The molecule has 0 bridgehead atoms. The summed E-state index contributed by atoms with van der Waals surface area (Å²) in [6.07, 6.45) is 5.17. The van der Waals surface area contributed by atoms with Gasteiger partial charge in [0, 0.05) is 17.4 Å². The fraction of sp³-hybridized carbons (Fsp3) is 0.0667. The number of hydrogen-bond acceptors (Lipinski definition) is 3. The van der Waals surface area contributed by atoms with Crippen LogP contribution in [0.1, 0.15) is 15.9 Å². The van der Waals surface area contributed by atoms with Crippen LogP contribution in [0.15, 0.2) is 55.1 Å². The fourth-order valence-corrected chi connectivity index (χ4v) is 2.01. The summed E-state index contributed by atoms with van der Waals surface area (Å²) in [7, 11) is 0. The second kappa shape index (κ2) is 5.14. The monoisotopic (exact) mass is 267 g/mol. The van der Waals surface area contributed by atoms with Gasteiger partial charge in [-0.2, -0.15) is 0 Å². The second-order valence-electron chi connectivity index (χ2n) is 4.45. The lowest BCUT2D eigenvalue weighted by atomic mass is 10.2. The standard InChI is InChI=1S/C15H13N3O2/c19-9-11-2-1-3-13(6-11)17-15(20)12-4-5-18-10-16-8-14(18)7-12/h1-8,10,19H,9H2,(H,17,20). The fourth-order valence-electron chi connectivity index (χ4n) is 2.01. The molecule has 0 aliphatic heterocycles. The molecule has 0 spiro atoms. The van der Waals surface area contributed by atoms with Gasteiger partial charge in [0.05, 0.1) is 24.6 Å². The highest BCUT2D eigenvalue weighted by Crippen LogP contribution is 2.13. The summed E-state index contributed by atoms with van der Waals surface area (Å²) in [4.78, 5) is 16.2. The number of aliphatic hydroxyl groups excluding tert-OH is 1. The molecule has 5 heteroatoms. The van der Waals surface area contributed by atoms with Gasteiger partial charge in [-0.25, -0.2) is 4.98 Å². The molecule has 0 aliphatic carbocycles. The molecular weight excluding hydrogens is 254 g/mol. The number of hydrogen-bond donors (Lipinski definition) is 2. The number of benzene rings is 1. The zero-order chi connectivity index (χ0) is 13.9. The lowest BCUT2D eigenvalue weighted by Gasteiger charge is -2.07. The third-order valence-corrected chi connectivity index (χ3v) is 3.04. The SMILES string of the molecule is O=C(Nc1cccc(CO)c1)c1ccn2cncc2c1. The summed E-state index contributed by atoms with van der Waals surface area (Å²) < 4.78 is 1.84. The first-order valence-electron chi connectivity index (χ1n) is 6.19. The van der Waals surface area contributed by atoms with Crippen LogP contribution in [0.3, 0.4) is 0 Å². The Hall–Kier alpha value is -2.66. The maximum atomic E-state index is 12.2. The largest absolute Gasteiger partial charge is 0.392 e. The second-order valence-corrected chi connectivity index (χ2v) is 4.45. The minimum Gasteiger partial charge on any atom is -0.392 e. The van der Waals surface area contributed by atoms with Crippen molar-refractivity contribution in [2.75, 3.05) is 5.32 Å². The molecular formula is C15H13N3O2. The summed E-state index contributed by atoms with van der Waals surface area (Å²) in [5, 5.41) is 11.9. The van der Waals surface area contributed by atoms with Crippen molar-refractivity contribution < 1.29 is 9.90 Å². The minimum atomic E-state index is -0.191. The average molecular weight is 267 g/mol. The smallest absolute Gasteiger partial charge is 0.255 e. The van der Waals surface area contributed by atoms with Crippen LogP contribution in [0, 0.1) is 0 Å². The number of aliphatic hydroxyl groups is 1. The number of carbonyl (C=O) groups excluding carboxylic acids is 1. The van der Waals surface area contributed by atoms with Gasteiger partial charge in [0.1, 0.15) is 0 Å². The molecule has 1 aromatic carbocycles. The van der Waals surface area contributed by atoms with Gasteiger partial charge in [-0.15, -0.1) is 0 Å². The molecule has 0 radical (unpaired) electrons. The van der Waals surface area contributed by atoms with E-state index in [1.165, 1.54) is 0 Å². The molecule has 3 rings (SSSR count). The molecule has 0 saturated heterocycles. The molecule has 2 aromatic heterocycles. The number of imidazole rings is 1. The normalized spacial score (nSPS) is 10.7. The van der Waals surface area contributed by atoms with E-state index in [4.69, 9.17) is 5.11 Å². The predicted octanol–water partition coefficient (Wildman–Crippen LogP) is 2.08. The number of nitrogens with zero attached hydrogens (tertiary/aromatic N) is 2. The Balaban J connectivity index is 1.84. The number of fused-ring (bicyclic) bond motifs is 1. The van der Waals surface area contributed by atoms with Gasteiger partial charge in [0.25, 0.3) is 5.91 Å². The van der Waals surface area contributed by atoms with Gasteiger partial charge >= 0.3 is 0 Å². The number of nitrogens with one attached hydrogen (secondary N) is 1. The van der Waals surface area contributed by atoms with Crippen molar-refractivity contribution in [1.82, 2.24) is 9.38 Å². The Labute approximate surface area is 115 Å². The zero-order valence-electron chi connectivity index (χ0n) is 10.7. The highest BCUT2D eigenvalue weighted by atomic mass is 16.3. The molecule has 2 N–H and O–H groups in total. The number of anilines is 1. The van der Waals surface area contributed by atoms with Crippen LogP contribution in [0.25, 0.3) is 5.52 Å². The Kier molecular flexibility index (Phi) is 3.18. The molecule has 5 nitrogen and oxygen atoms in total. The lowest BCUT2D eigenvalue weighted by Crippen LogP contribution is -2.12. The van der Waals surface area contributed by atoms with Crippen LogP contribution >= 0.6 is 0 Å². The quantitative estimate of drug-likeness (QED) is 0.763. The van der Waals surface area contributed by atoms with Crippen molar-refractivity contribution in [3.63, 3.8) is 0 Å². The number of pyridine rings is 1. The summed E-state index contributed by atoms with van der Waals surface area (Å²) in [5.74, 6) is -0.191. The van der Waals surface area contributed by atoms with Gasteiger partial charge < -0.3 is 14.8 Å². The van der Waals surface area contributed by atoms with E-state index in [-0.39, 0.29) is 12.5 Å². The Morgan fingerprint density at radius 2 is 2.20 bits per heavy atom. The molecule has 0 aliphatic rings. The lowest BCUT2D eigenvalue weighted by molar-refractivity contribution is 0.102. The highest BCUT2D eigenvalue weighted by Gasteiger charge is 2.07. The van der Waals surface area contributed by atoms with E-state index in [9.17, 15) is 4.79 Å². The van der Waals surface area contributed by atoms with Crippen LogP contribution in [0.5, 0.6) is 0 Å². The molecule has 0 atom stereocenters. The Morgan fingerprint density at radius 3 is 3.05 bits per heavy atom. The van der Waals surface area contributed by atoms with Gasteiger partial charge in [-0.1, -0.05) is 12.1 Å². The number of rotatable bonds is 3. The van der Waals surface area contributed by atoms with Crippen molar-refractivity contribution in [3.8, 4) is 0 Å². The molecule has 0 fully saturated rings. The van der Waals surface area contributed by atoms with E-state index in [0.717, 1.165) is 11.1 Å². The third kappa shape index (κ3) is 2.39. The van der Waals surface area contributed by atoms with E-state index < -0.39 is 0 Å². The van der Waals surface area contributed by atoms with Gasteiger partial charge in [0.15, 0.2) is 0 Å². The maximum absolute atomic E-state index is 12.2. The van der Waals surface area contributed by atoms with E-state index in [0.29, 0.717) is 11.3 Å². The van der Waals surface area contributed by atoms with Crippen LogP contribution in [0.2, 0.25) is 0 Å². The first-order valence-corrected chi connectivity index (χ1v) is 6.19. The van der Waals surface area contributed by atoms with E-state index in [2.05, 4.69) is 10.3 Å². The Bertz CT molecular complexity index is 764. The molecule has 100 valence electrons. The van der Waals surface area contributed by atoms with Crippen molar-refractivity contribution >= 4 is 17.1 Å². The number of carbonyl (C=O) groups is 1. The van der Waals surface area contributed by atoms with Crippen molar-refractivity contribution in [2.24, 2.45) is 0 Å². The van der Waals surface area contributed by atoms with Gasteiger partial charge in [-0.05, 0) is 29.8 Å². The highest BCUT2D eigenvalue weighted by molar-refractivity contribution is 6.04. The van der Waals surface area contributed by atoms with Crippen molar-refractivity contribution in [2.45, 2.75) is 6.61 Å². The van der Waals surface area contributed by atoms with Crippen LogP contribution in [-0.4, -0.2) is 20.4 Å². The minimum absolute atomic E-state index is 0.0501. The van der Waals surface area contributed by atoms with Crippen molar-refractivity contribution in [1.29, 1.82) is 0 Å². The zero-order valence-corrected chi connectivity index (χ0v) is 10.7. The number of aromatic nitrogens is 2. The van der Waals surface area contributed by atoms with Crippen LogP contribution in [-0.2, 0) is 6.61 Å². The number of amides is 1. The topological polar surface area (TPSA) is 66.6 Å². The molecule has 2 heterocycles. The first-order chi connectivity index (χ1) is 9.76. The Morgan fingerprint density at radius 1 is 1.30 bits per heavy atom. The molecule has 1 amide bonds. The molecule has 0 unspecified atom stereocenters. The van der Waals surface area contributed by atoms with E-state index >= 15 is 0 Å². The predicted molar refractivity (Wildman–Crippen MR) is 75.5 cm³/mol. The summed E-state index contributed by atoms with van der Waals surface area (Å²) in [6, 6.07) is 10.6. The van der Waals surface area contributed by atoms with E-state index in [1.54, 1.807) is 55.1 Å². The molecule has 20 heavy (non-hydrogen) atoms. The van der Waals surface area contributed by atoms with Crippen LogP contribution < -0.4 is 5.32 Å². The van der Waals surface area contributed by atoms with Crippen LogP contribution in [0.4, 0.5) is 5.69 Å². The first kappa shape index (κ1) is 12.4. The van der Waals surface area contributed by atoms with Gasteiger partial charge in [0.2, 0.25) is 0 Å². The average Bonchev–Trinajstić information content (AvgIpc) is 2.94. The summed E-state index contributed by atoms with van der Waals surface area (Å²) in [6.45, 7) is -0.0501.